The molecule has 0 aromatic carbocycles. The van der Waals surface area contributed by atoms with Crippen molar-refractivity contribution < 1.29 is 44.2 Å². The predicted molar refractivity (Wildman–Crippen MR) is 101 cm³/mol. The fourth-order valence-corrected chi connectivity index (χ4v) is 2.13. The molecule has 0 saturated carbocycles. The third-order valence-electron chi connectivity index (χ3n) is 3.25. The summed E-state index contributed by atoms with van der Waals surface area (Å²) in [4.78, 5) is 0. The van der Waals surface area contributed by atoms with Gasteiger partial charge in [0.25, 0.3) is 11.6 Å². The van der Waals surface area contributed by atoms with Gasteiger partial charge in [-0.05, 0) is 31.4 Å². The molecule has 6 N–H and O–H groups in total. The molecule has 0 fully saturated rings. The highest BCUT2D eigenvalue weighted by Gasteiger charge is 2.04. The normalized spacial score (nSPS) is 10.9. The van der Waals surface area contributed by atoms with Crippen LogP contribution in [0.2, 0.25) is 0 Å². The maximum Gasteiger partial charge on any atom is 0.272 e. The molecule has 0 amide bonds. The molecule has 2 aromatic rings. The number of hydrogen-bond acceptors (Lipinski definition) is 8. The number of rotatable bonds is 6. The molecule has 0 spiro atoms. The summed E-state index contributed by atoms with van der Waals surface area (Å²) in [6, 6.07) is 11.8. The van der Waals surface area contributed by atoms with Crippen LogP contribution in [0.15, 0.2) is 48.8 Å². The van der Waals surface area contributed by atoms with Gasteiger partial charge < -0.3 is 9.11 Å². The second-order valence-corrected chi connectivity index (χ2v) is 7.26. The van der Waals surface area contributed by atoms with E-state index < -0.39 is 20.8 Å². The maximum absolute atomic E-state index is 8.63. The van der Waals surface area contributed by atoms with E-state index in [4.69, 9.17) is 46.5 Å². The summed E-state index contributed by atoms with van der Waals surface area (Å²) >= 11 is 0. The third-order valence-corrected chi connectivity index (χ3v) is 3.25. The SMILES string of the molecule is Nc1cccc[n+]1CCCCC[n+]1ccccc1N.O=S(=O)([O-])O.O=S(=O)([O-])O. The lowest BCUT2D eigenvalue weighted by Crippen LogP contribution is -2.37. The van der Waals surface area contributed by atoms with Crippen molar-refractivity contribution in [3.63, 3.8) is 0 Å². The molecule has 0 saturated heterocycles. The van der Waals surface area contributed by atoms with Crippen LogP contribution in [0.1, 0.15) is 19.3 Å². The fraction of sp³-hybridized carbons (Fsp3) is 0.333. The molecule has 14 heteroatoms. The molecule has 0 bridgehead atoms. The molecule has 29 heavy (non-hydrogen) atoms. The van der Waals surface area contributed by atoms with E-state index in [-0.39, 0.29) is 0 Å². The molecular weight excluding hydrogens is 428 g/mol. The zero-order chi connectivity index (χ0) is 22.5. The number of anilines is 2. The summed E-state index contributed by atoms with van der Waals surface area (Å²) in [5.41, 5.74) is 11.8. The molecule has 0 aliphatic heterocycles. The number of hydrogen-bond donors (Lipinski definition) is 4. The van der Waals surface area contributed by atoms with E-state index in [2.05, 4.69) is 9.13 Å². The highest BCUT2D eigenvalue weighted by molar-refractivity contribution is 7.80. The van der Waals surface area contributed by atoms with Crippen LogP contribution in [-0.2, 0) is 33.9 Å². The molecule has 2 aromatic heterocycles. The van der Waals surface area contributed by atoms with Gasteiger partial charge in [-0.25, -0.2) is 26.0 Å². The van der Waals surface area contributed by atoms with Gasteiger partial charge in [0.15, 0.2) is 0 Å². The molecule has 0 aliphatic carbocycles. The summed E-state index contributed by atoms with van der Waals surface area (Å²) in [6.07, 6.45) is 7.49. The minimum Gasteiger partial charge on any atom is -0.726 e. The van der Waals surface area contributed by atoms with Gasteiger partial charge in [0.1, 0.15) is 0 Å². The lowest BCUT2D eigenvalue weighted by Gasteiger charge is -2.04. The van der Waals surface area contributed by atoms with Gasteiger partial charge >= 0.3 is 0 Å². The fourth-order valence-electron chi connectivity index (χ4n) is 2.13. The highest BCUT2D eigenvalue weighted by atomic mass is 32.3. The molecule has 0 atom stereocenters. The summed E-state index contributed by atoms with van der Waals surface area (Å²) < 4.78 is 69.8. The van der Waals surface area contributed by atoms with Crippen molar-refractivity contribution in [2.24, 2.45) is 0 Å². The van der Waals surface area contributed by atoms with Crippen LogP contribution in [0.25, 0.3) is 0 Å². The summed E-state index contributed by atoms with van der Waals surface area (Å²) in [5, 5.41) is 0. The minimum atomic E-state index is -4.92. The lowest BCUT2D eigenvalue weighted by molar-refractivity contribution is -0.687. The summed E-state index contributed by atoms with van der Waals surface area (Å²) in [6.45, 7) is 1.95. The largest absolute Gasteiger partial charge is 0.726 e. The first kappa shape index (κ1) is 26.6. The monoisotopic (exact) mass is 452 g/mol. The summed E-state index contributed by atoms with van der Waals surface area (Å²) in [7, 11) is -9.83. The van der Waals surface area contributed by atoms with E-state index >= 15 is 0 Å². The van der Waals surface area contributed by atoms with Crippen molar-refractivity contribution in [2.45, 2.75) is 32.4 Å². The number of aryl methyl sites for hydroxylation is 2. The minimum absolute atomic E-state index is 0.823. The van der Waals surface area contributed by atoms with Crippen molar-refractivity contribution in [2.75, 3.05) is 11.5 Å². The van der Waals surface area contributed by atoms with Gasteiger partial charge in [0.2, 0.25) is 20.8 Å². The number of pyridine rings is 2. The lowest BCUT2D eigenvalue weighted by atomic mass is 10.2. The van der Waals surface area contributed by atoms with Crippen LogP contribution in [-0.4, -0.2) is 35.0 Å². The van der Waals surface area contributed by atoms with E-state index in [1.807, 2.05) is 48.8 Å². The maximum atomic E-state index is 8.63. The number of nitrogen functional groups attached to an aromatic ring is 2. The second kappa shape index (κ2) is 13.0. The first-order valence-electron chi connectivity index (χ1n) is 8.12. The van der Waals surface area contributed by atoms with E-state index in [1.165, 1.54) is 6.42 Å². The summed E-state index contributed by atoms with van der Waals surface area (Å²) in [5.74, 6) is 1.65. The number of nitrogens with zero attached hydrogens (tertiary/aromatic N) is 2. The Morgan fingerprint density at radius 3 is 1.31 bits per heavy atom. The van der Waals surface area contributed by atoms with Crippen LogP contribution < -0.4 is 20.6 Å². The first-order chi connectivity index (χ1) is 13.3. The van der Waals surface area contributed by atoms with Crippen molar-refractivity contribution in [1.82, 2.24) is 0 Å². The second-order valence-electron chi connectivity index (χ2n) is 5.55. The molecule has 12 nitrogen and oxygen atoms in total. The Morgan fingerprint density at radius 2 is 1.03 bits per heavy atom. The van der Waals surface area contributed by atoms with Crippen molar-refractivity contribution >= 4 is 32.4 Å². The highest BCUT2D eigenvalue weighted by Crippen LogP contribution is 1.99. The smallest absolute Gasteiger partial charge is 0.272 e. The van der Waals surface area contributed by atoms with Crippen molar-refractivity contribution in [3.05, 3.63) is 48.8 Å². The van der Waals surface area contributed by atoms with Gasteiger partial charge in [-0.2, -0.15) is 0 Å². The quantitative estimate of drug-likeness (QED) is 0.187. The number of aromatic nitrogens is 2. The van der Waals surface area contributed by atoms with Crippen LogP contribution >= 0.6 is 0 Å². The van der Waals surface area contributed by atoms with Gasteiger partial charge in [0.05, 0.1) is 25.5 Å². The van der Waals surface area contributed by atoms with Crippen molar-refractivity contribution in [3.8, 4) is 0 Å². The van der Waals surface area contributed by atoms with Gasteiger partial charge in [0, 0.05) is 12.1 Å². The zero-order valence-corrected chi connectivity index (χ0v) is 17.0. The molecule has 2 rings (SSSR count). The topological polar surface area (TPSA) is 215 Å². The Hall–Kier alpha value is -2.36. The first-order valence-corrected chi connectivity index (χ1v) is 10.8. The molecule has 0 unspecified atom stereocenters. The predicted octanol–water partition coefficient (Wildman–Crippen LogP) is -0.694. The molecule has 0 aliphatic rings. The van der Waals surface area contributed by atoms with Crippen LogP contribution in [0, 0.1) is 0 Å². The molecular formula is C15H24N4O8S2. The van der Waals surface area contributed by atoms with Gasteiger partial charge in [-0.1, -0.05) is 12.1 Å². The average molecular weight is 453 g/mol. The average Bonchev–Trinajstić information content (AvgIpc) is 2.55. The Labute approximate surface area is 169 Å². The Bertz CT molecular complexity index is 859. The molecule has 2 heterocycles. The number of unbranched alkanes of at least 4 members (excludes halogenated alkanes) is 2. The third kappa shape index (κ3) is 18.8. The van der Waals surface area contributed by atoms with Crippen LogP contribution in [0.3, 0.4) is 0 Å². The molecule has 164 valence electrons. The van der Waals surface area contributed by atoms with Crippen LogP contribution in [0.5, 0.6) is 0 Å². The van der Waals surface area contributed by atoms with E-state index in [0.717, 1.165) is 37.6 Å². The van der Waals surface area contributed by atoms with Crippen molar-refractivity contribution in [1.29, 1.82) is 0 Å². The van der Waals surface area contributed by atoms with Gasteiger partial charge in [-0.3, -0.25) is 20.6 Å². The van der Waals surface area contributed by atoms with E-state index in [9.17, 15) is 0 Å². The van der Waals surface area contributed by atoms with Crippen LogP contribution in [0.4, 0.5) is 11.6 Å². The molecule has 0 radical (unpaired) electrons. The van der Waals surface area contributed by atoms with Gasteiger partial charge in [-0.15, -0.1) is 0 Å². The Kier molecular flexibility index (Phi) is 11.9. The number of nitrogens with two attached hydrogens (primary N) is 2. The Balaban J connectivity index is 0.000000653. The Morgan fingerprint density at radius 1 is 0.724 bits per heavy atom. The zero-order valence-electron chi connectivity index (χ0n) is 15.4. The van der Waals surface area contributed by atoms with E-state index in [0.29, 0.717) is 0 Å². The van der Waals surface area contributed by atoms with E-state index in [1.54, 1.807) is 0 Å². The standard InChI is InChI=1S/C15H20N4.2H2O4S/c16-14-8-2-6-12-18(14)10-4-1-5-11-19-13-7-3-9-15(19)17;2*1-5(2,3)4/h2-3,6-9,12-13,16-17H,1,4-5,10-11H2;2*(H2,1,2,3,4).